The average molecular weight is 336 g/mol. The van der Waals surface area contributed by atoms with Crippen LogP contribution in [0.15, 0.2) is 30.7 Å². The van der Waals surface area contributed by atoms with Gasteiger partial charge < -0.3 is 5.32 Å². The number of aryl methyl sites for hydroxylation is 1. The number of rotatable bonds is 3. The summed E-state index contributed by atoms with van der Waals surface area (Å²) in [6.45, 7) is 0. The normalized spacial score (nSPS) is 20.7. The zero-order chi connectivity index (χ0) is 17.1. The van der Waals surface area contributed by atoms with Crippen molar-refractivity contribution in [3.8, 4) is 11.4 Å². The molecule has 5 nitrogen and oxygen atoms in total. The van der Waals surface area contributed by atoms with E-state index in [2.05, 4.69) is 15.3 Å². The Kier molecular flexibility index (Phi) is 4.72. The van der Waals surface area contributed by atoms with Crippen molar-refractivity contribution in [1.82, 2.24) is 20.3 Å². The number of nitrogens with one attached hydrogen (secondary N) is 1. The van der Waals surface area contributed by atoms with Crippen LogP contribution in [0.4, 0.5) is 0 Å². The standard InChI is InChI=1S/C20H24N4O/c25-20(15-5-2-1-3-6-15)24-18-8-4-7-17-16(18)13-22-19(23-17)14-9-11-21-12-10-14/h9-13,15,18H,1-8H2,(H,24,25). The van der Waals surface area contributed by atoms with Crippen LogP contribution in [0.3, 0.4) is 0 Å². The molecule has 2 aromatic heterocycles. The maximum absolute atomic E-state index is 12.6. The highest BCUT2D eigenvalue weighted by Crippen LogP contribution is 2.31. The smallest absolute Gasteiger partial charge is 0.223 e. The third-order valence-corrected chi connectivity index (χ3v) is 5.41. The fourth-order valence-corrected chi connectivity index (χ4v) is 3.99. The van der Waals surface area contributed by atoms with Gasteiger partial charge in [-0.05, 0) is 44.2 Å². The lowest BCUT2D eigenvalue weighted by molar-refractivity contribution is -0.126. The van der Waals surface area contributed by atoms with E-state index in [-0.39, 0.29) is 17.9 Å². The number of pyridine rings is 1. The molecule has 0 spiro atoms. The van der Waals surface area contributed by atoms with E-state index < -0.39 is 0 Å². The Hall–Kier alpha value is -2.30. The van der Waals surface area contributed by atoms with Crippen LogP contribution in [-0.4, -0.2) is 20.9 Å². The Bertz CT molecular complexity index is 741. The van der Waals surface area contributed by atoms with E-state index in [1.807, 2.05) is 18.3 Å². The van der Waals surface area contributed by atoms with Crippen LogP contribution >= 0.6 is 0 Å². The van der Waals surface area contributed by atoms with Crippen molar-refractivity contribution in [3.05, 3.63) is 42.0 Å². The third kappa shape index (κ3) is 3.55. The van der Waals surface area contributed by atoms with E-state index in [1.54, 1.807) is 12.4 Å². The van der Waals surface area contributed by atoms with E-state index in [9.17, 15) is 4.79 Å². The molecule has 2 heterocycles. The molecule has 4 rings (SSSR count). The summed E-state index contributed by atoms with van der Waals surface area (Å²) in [7, 11) is 0. The molecule has 25 heavy (non-hydrogen) atoms. The summed E-state index contributed by atoms with van der Waals surface area (Å²) in [6.07, 6.45) is 14.1. The summed E-state index contributed by atoms with van der Waals surface area (Å²) in [5.74, 6) is 1.15. The van der Waals surface area contributed by atoms with Gasteiger partial charge >= 0.3 is 0 Å². The molecule has 130 valence electrons. The lowest BCUT2D eigenvalue weighted by atomic mass is 9.87. The first kappa shape index (κ1) is 16.2. The van der Waals surface area contributed by atoms with Gasteiger partial charge in [0.2, 0.25) is 5.91 Å². The number of fused-ring (bicyclic) bond motifs is 1. The van der Waals surface area contributed by atoms with Crippen molar-refractivity contribution in [3.63, 3.8) is 0 Å². The number of hydrogen-bond acceptors (Lipinski definition) is 4. The summed E-state index contributed by atoms with van der Waals surface area (Å²) in [6, 6.07) is 3.91. The fraction of sp³-hybridized carbons (Fsp3) is 0.500. The van der Waals surface area contributed by atoms with Crippen molar-refractivity contribution in [2.75, 3.05) is 0 Å². The molecule has 1 fully saturated rings. The number of aromatic nitrogens is 3. The van der Waals surface area contributed by atoms with Gasteiger partial charge in [0.05, 0.1) is 6.04 Å². The Balaban J connectivity index is 1.52. The Morgan fingerprint density at radius 1 is 1.04 bits per heavy atom. The second kappa shape index (κ2) is 7.30. The SMILES string of the molecule is O=C(NC1CCCc2nc(-c3ccncc3)ncc21)C1CCCCC1. The van der Waals surface area contributed by atoms with Gasteiger partial charge in [-0.1, -0.05) is 19.3 Å². The molecule has 0 aromatic carbocycles. The molecule has 1 unspecified atom stereocenters. The maximum Gasteiger partial charge on any atom is 0.223 e. The van der Waals surface area contributed by atoms with E-state index in [4.69, 9.17) is 4.98 Å². The number of nitrogens with zero attached hydrogens (tertiary/aromatic N) is 3. The summed E-state index contributed by atoms with van der Waals surface area (Å²) >= 11 is 0. The molecule has 0 bridgehead atoms. The van der Waals surface area contributed by atoms with Gasteiger partial charge in [-0.3, -0.25) is 9.78 Å². The molecular weight excluding hydrogens is 312 g/mol. The predicted octanol–water partition coefficient (Wildman–Crippen LogP) is 3.61. The van der Waals surface area contributed by atoms with Gasteiger partial charge in [-0.25, -0.2) is 9.97 Å². The zero-order valence-corrected chi connectivity index (χ0v) is 14.4. The summed E-state index contributed by atoms with van der Waals surface area (Å²) in [5.41, 5.74) is 3.14. The van der Waals surface area contributed by atoms with Gasteiger partial charge in [0.1, 0.15) is 0 Å². The van der Waals surface area contributed by atoms with Crippen LogP contribution in [0.25, 0.3) is 11.4 Å². The molecule has 1 N–H and O–H groups in total. The van der Waals surface area contributed by atoms with Crippen molar-refractivity contribution in [2.45, 2.75) is 57.4 Å². The predicted molar refractivity (Wildman–Crippen MR) is 95.7 cm³/mol. The van der Waals surface area contributed by atoms with Crippen LogP contribution in [-0.2, 0) is 11.2 Å². The Morgan fingerprint density at radius 2 is 1.84 bits per heavy atom. The number of carbonyl (C=O) groups excluding carboxylic acids is 1. The van der Waals surface area contributed by atoms with E-state index in [0.717, 1.165) is 54.7 Å². The molecule has 1 saturated carbocycles. The zero-order valence-electron chi connectivity index (χ0n) is 14.4. The molecule has 2 aromatic rings. The Morgan fingerprint density at radius 3 is 2.64 bits per heavy atom. The number of hydrogen-bond donors (Lipinski definition) is 1. The van der Waals surface area contributed by atoms with Gasteiger partial charge in [0, 0.05) is 41.3 Å². The number of amides is 1. The molecule has 1 atom stereocenters. The second-order valence-corrected chi connectivity index (χ2v) is 7.12. The first-order chi connectivity index (χ1) is 12.3. The molecule has 0 saturated heterocycles. The van der Waals surface area contributed by atoms with E-state index in [0.29, 0.717) is 0 Å². The fourth-order valence-electron chi connectivity index (χ4n) is 3.99. The molecule has 5 heteroatoms. The minimum Gasteiger partial charge on any atom is -0.349 e. The summed E-state index contributed by atoms with van der Waals surface area (Å²) in [5, 5.41) is 3.28. The van der Waals surface area contributed by atoms with Crippen LogP contribution in [0, 0.1) is 5.92 Å². The van der Waals surface area contributed by atoms with Crippen LogP contribution in [0.1, 0.15) is 62.2 Å². The maximum atomic E-state index is 12.6. The van der Waals surface area contributed by atoms with Crippen LogP contribution in [0.5, 0.6) is 0 Å². The Labute approximate surface area is 148 Å². The van der Waals surface area contributed by atoms with Gasteiger partial charge in [-0.2, -0.15) is 0 Å². The number of carbonyl (C=O) groups is 1. The molecular formula is C20H24N4O. The van der Waals surface area contributed by atoms with Crippen LogP contribution < -0.4 is 5.32 Å². The van der Waals surface area contributed by atoms with Crippen molar-refractivity contribution >= 4 is 5.91 Å². The topological polar surface area (TPSA) is 67.8 Å². The first-order valence-corrected chi connectivity index (χ1v) is 9.38. The third-order valence-electron chi connectivity index (χ3n) is 5.41. The quantitative estimate of drug-likeness (QED) is 0.929. The lowest BCUT2D eigenvalue weighted by Gasteiger charge is -2.28. The van der Waals surface area contributed by atoms with Crippen molar-refractivity contribution in [1.29, 1.82) is 0 Å². The average Bonchev–Trinajstić information content (AvgIpc) is 2.69. The van der Waals surface area contributed by atoms with Crippen molar-refractivity contribution < 1.29 is 4.79 Å². The van der Waals surface area contributed by atoms with Crippen LogP contribution in [0.2, 0.25) is 0 Å². The summed E-state index contributed by atoms with van der Waals surface area (Å²) < 4.78 is 0. The van der Waals surface area contributed by atoms with Gasteiger partial charge in [0.15, 0.2) is 5.82 Å². The highest BCUT2D eigenvalue weighted by Gasteiger charge is 2.27. The van der Waals surface area contributed by atoms with Gasteiger partial charge in [-0.15, -0.1) is 0 Å². The minimum absolute atomic E-state index is 0.0599. The molecule has 2 aliphatic rings. The van der Waals surface area contributed by atoms with Gasteiger partial charge in [0.25, 0.3) is 0 Å². The van der Waals surface area contributed by atoms with E-state index in [1.165, 1.54) is 19.3 Å². The first-order valence-electron chi connectivity index (χ1n) is 9.38. The van der Waals surface area contributed by atoms with Crippen molar-refractivity contribution in [2.24, 2.45) is 5.92 Å². The molecule has 1 amide bonds. The monoisotopic (exact) mass is 336 g/mol. The highest BCUT2D eigenvalue weighted by molar-refractivity contribution is 5.79. The summed E-state index contributed by atoms with van der Waals surface area (Å²) in [4.78, 5) is 26.0. The largest absolute Gasteiger partial charge is 0.349 e. The highest BCUT2D eigenvalue weighted by atomic mass is 16.1. The molecule has 0 aliphatic heterocycles. The minimum atomic E-state index is 0.0599. The molecule has 2 aliphatic carbocycles. The lowest BCUT2D eigenvalue weighted by Crippen LogP contribution is -2.36. The molecule has 0 radical (unpaired) electrons. The second-order valence-electron chi connectivity index (χ2n) is 7.12. The van der Waals surface area contributed by atoms with E-state index >= 15 is 0 Å².